The van der Waals surface area contributed by atoms with Crippen LogP contribution < -0.4 is 16.1 Å². The van der Waals surface area contributed by atoms with Gasteiger partial charge in [-0.25, -0.2) is 4.79 Å². The van der Waals surface area contributed by atoms with Gasteiger partial charge in [0.15, 0.2) is 0 Å². The van der Waals surface area contributed by atoms with Crippen molar-refractivity contribution in [2.75, 3.05) is 17.7 Å². The number of anilines is 2. The standard InChI is InChI=1S/C10H10N2O4/c1-11-6-4-2-3-5-7(8(6)13)12-9(14)10(15)16/h2-5H,1H3,(H,15,16)(H2,11,12,13,14). The van der Waals surface area contributed by atoms with Gasteiger partial charge in [-0.3, -0.25) is 9.59 Å². The van der Waals surface area contributed by atoms with Crippen molar-refractivity contribution in [2.45, 2.75) is 0 Å². The molecule has 16 heavy (non-hydrogen) atoms. The Morgan fingerprint density at radius 2 is 1.75 bits per heavy atom. The van der Waals surface area contributed by atoms with Gasteiger partial charge in [0.25, 0.3) is 0 Å². The van der Waals surface area contributed by atoms with Crippen molar-refractivity contribution in [3.63, 3.8) is 0 Å². The number of aliphatic carboxylic acids is 1. The van der Waals surface area contributed by atoms with E-state index in [1.165, 1.54) is 18.2 Å². The van der Waals surface area contributed by atoms with E-state index in [-0.39, 0.29) is 11.4 Å². The Morgan fingerprint density at radius 1 is 1.19 bits per heavy atom. The van der Waals surface area contributed by atoms with Crippen LogP contribution in [0.4, 0.5) is 11.4 Å². The zero-order valence-corrected chi connectivity index (χ0v) is 8.48. The van der Waals surface area contributed by atoms with E-state index in [0.717, 1.165) is 0 Å². The van der Waals surface area contributed by atoms with E-state index in [9.17, 15) is 14.4 Å². The van der Waals surface area contributed by atoms with Gasteiger partial charge in [0.2, 0.25) is 5.43 Å². The lowest BCUT2D eigenvalue weighted by Gasteiger charge is -1.99. The monoisotopic (exact) mass is 222 g/mol. The zero-order chi connectivity index (χ0) is 12.1. The maximum atomic E-state index is 11.7. The van der Waals surface area contributed by atoms with E-state index in [1.54, 1.807) is 13.1 Å². The van der Waals surface area contributed by atoms with Crippen molar-refractivity contribution in [3.8, 4) is 0 Å². The molecule has 0 unspecified atom stereocenters. The number of hydrogen-bond donors (Lipinski definition) is 3. The van der Waals surface area contributed by atoms with Gasteiger partial charge in [-0.2, -0.15) is 0 Å². The molecule has 6 heteroatoms. The number of rotatable bonds is 2. The number of carbonyl (C=O) groups is 2. The van der Waals surface area contributed by atoms with Crippen LogP contribution >= 0.6 is 0 Å². The highest BCUT2D eigenvalue weighted by molar-refractivity contribution is 6.36. The molecule has 1 amide bonds. The first-order valence-corrected chi connectivity index (χ1v) is 4.41. The second-order valence-electron chi connectivity index (χ2n) is 2.88. The normalized spacial score (nSPS) is 9.31. The van der Waals surface area contributed by atoms with Crippen molar-refractivity contribution in [2.24, 2.45) is 0 Å². The molecule has 0 saturated carbocycles. The molecule has 1 aromatic carbocycles. The van der Waals surface area contributed by atoms with E-state index in [4.69, 9.17) is 5.11 Å². The van der Waals surface area contributed by atoms with E-state index in [0.29, 0.717) is 0 Å². The lowest BCUT2D eigenvalue weighted by molar-refractivity contribution is -0.147. The third-order valence-corrected chi connectivity index (χ3v) is 1.84. The smallest absolute Gasteiger partial charge is 0.394 e. The number of amides is 1. The topological polar surface area (TPSA) is 95.5 Å². The SMILES string of the molecule is CNc1ccccc(NC(=O)C(=O)O)c1=O. The van der Waals surface area contributed by atoms with Gasteiger partial charge in [-0.05, 0) is 12.1 Å². The summed E-state index contributed by atoms with van der Waals surface area (Å²) >= 11 is 0. The van der Waals surface area contributed by atoms with Gasteiger partial charge in [0.1, 0.15) is 0 Å². The molecule has 0 heterocycles. The van der Waals surface area contributed by atoms with Gasteiger partial charge in [0.05, 0.1) is 11.4 Å². The summed E-state index contributed by atoms with van der Waals surface area (Å²) in [4.78, 5) is 32.9. The van der Waals surface area contributed by atoms with Crippen LogP contribution in [0.3, 0.4) is 0 Å². The van der Waals surface area contributed by atoms with Gasteiger partial charge >= 0.3 is 11.9 Å². The van der Waals surface area contributed by atoms with Crippen molar-refractivity contribution in [1.82, 2.24) is 0 Å². The van der Waals surface area contributed by atoms with E-state index >= 15 is 0 Å². The third kappa shape index (κ3) is 2.57. The molecule has 0 spiro atoms. The molecule has 1 aromatic rings. The first-order valence-electron chi connectivity index (χ1n) is 4.41. The molecule has 0 aliphatic rings. The van der Waals surface area contributed by atoms with Gasteiger partial charge in [-0.15, -0.1) is 0 Å². The highest BCUT2D eigenvalue weighted by atomic mass is 16.4. The first-order chi connectivity index (χ1) is 7.56. The summed E-state index contributed by atoms with van der Waals surface area (Å²) in [5.74, 6) is -2.89. The van der Waals surface area contributed by atoms with Crippen LogP contribution in [-0.2, 0) is 9.59 Å². The second kappa shape index (κ2) is 4.92. The fourth-order valence-electron chi connectivity index (χ4n) is 1.07. The number of carbonyl (C=O) groups excluding carboxylic acids is 1. The van der Waals surface area contributed by atoms with E-state index in [2.05, 4.69) is 5.32 Å². The fourth-order valence-corrected chi connectivity index (χ4v) is 1.07. The Kier molecular flexibility index (Phi) is 3.60. The molecule has 0 bridgehead atoms. The lowest BCUT2D eigenvalue weighted by atomic mass is 10.3. The molecule has 3 N–H and O–H groups in total. The predicted octanol–water partition coefficient (Wildman–Crippen LogP) is 0.112. The minimum Gasteiger partial charge on any atom is -0.474 e. The van der Waals surface area contributed by atoms with E-state index in [1.807, 2.05) is 5.32 Å². The summed E-state index contributed by atoms with van der Waals surface area (Å²) in [7, 11) is 1.56. The highest BCUT2D eigenvalue weighted by Gasteiger charge is 2.13. The first kappa shape index (κ1) is 11.7. The average Bonchev–Trinajstić information content (AvgIpc) is 2.41. The predicted molar refractivity (Wildman–Crippen MR) is 58.5 cm³/mol. The molecular formula is C10H10N2O4. The minimum absolute atomic E-state index is 0.0817. The summed E-state index contributed by atoms with van der Waals surface area (Å²) in [5, 5.41) is 13.1. The summed E-state index contributed by atoms with van der Waals surface area (Å²) < 4.78 is 0. The van der Waals surface area contributed by atoms with Crippen LogP contribution in [0.1, 0.15) is 0 Å². The minimum atomic E-state index is -1.64. The number of hydrogen-bond acceptors (Lipinski definition) is 4. The Morgan fingerprint density at radius 3 is 2.25 bits per heavy atom. The third-order valence-electron chi connectivity index (χ3n) is 1.84. The molecule has 84 valence electrons. The zero-order valence-electron chi connectivity index (χ0n) is 8.48. The van der Waals surface area contributed by atoms with Crippen molar-refractivity contribution in [1.29, 1.82) is 0 Å². The maximum Gasteiger partial charge on any atom is 0.394 e. The molecule has 0 fully saturated rings. The van der Waals surface area contributed by atoms with Crippen LogP contribution in [-0.4, -0.2) is 24.0 Å². The average molecular weight is 222 g/mol. The van der Waals surface area contributed by atoms with Gasteiger partial charge < -0.3 is 15.7 Å². The summed E-state index contributed by atoms with van der Waals surface area (Å²) in [6, 6.07) is 5.99. The summed E-state index contributed by atoms with van der Waals surface area (Å²) in [6.45, 7) is 0. The largest absolute Gasteiger partial charge is 0.474 e. The molecule has 0 atom stereocenters. The molecular weight excluding hydrogens is 212 g/mol. The number of carboxylic acid groups (broad SMARTS) is 1. The molecule has 0 aromatic heterocycles. The van der Waals surface area contributed by atoms with E-state index < -0.39 is 17.3 Å². The molecule has 0 radical (unpaired) electrons. The number of nitrogens with one attached hydrogen (secondary N) is 2. The van der Waals surface area contributed by atoms with Crippen LogP contribution in [0.15, 0.2) is 29.1 Å². The van der Waals surface area contributed by atoms with Crippen LogP contribution in [0.2, 0.25) is 0 Å². The lowest BCUT2D eigenvalue weighted by Crippen LogP contribution is -2.25. The van der Waals surface area contributed by atoms with Crippen LogP contribution in [0.5, 0.6) is 0 Å². The Balaban J connectivity index is 3.16. The van der Waals surface area contributed by atoms with Gasteiger partial charge in [0, 0.05) is 7.05 Å². The van der Waals surface area contributed by atoms with Crippen LogP contribution in [0, 0.1) is 0 Å². The van der Waals surface area contributed by atoms with Crippen molar-refractivity contribution in [3.05, 3.63) is 34.5 Å². The fraction of sp³-hybridized carbons (Fsp3) is 0.100. The molecule has 1 rings (SSSR count). The Hall–Kier alpha value is -2.37. The Bertz CT molecular complexity index is 485. The highest BCUT2D eigenvalue weighted by Crippen LogP contribution is 2.04. The Labute approximate surface area is 90.9 Å². The summed E-state index contributed by atoms with van der Waals surface area (Å²) in [5.41, 5.74) is -0.283. The quantitative estimate of drug-likeness (QED) is 0.617. The molecule has 0 saturated heterocycles. The van der Waals surface area contributed by atoms with Crippen molar-refractivity contribution >= 4 is 23.3 Å². The molecule has 0 aliphatic heterocycles. The van der Waals surface area contributed by atoms with Crippen LogP contribution in [0.25, 0.3) is 0 Å². The van der Waals surface area contributed by atoms with Gasteiger partial charge in [-0.1, -0.05) is 12.1 Å². The molecule has 6 nitrogen and oxygen atoms in total. The molecule has 0 aliphatic carbocycles. The number of carboxylic acids is 1. The second-order valence-corrected chi connectivity index (χ2v) is 2.88. The summed E-state index contributed by atoms with van der Waals surface area (Å²) in [6.07, 6.45) is 0. The van der Waals surface area contributed by atoms with Crippen molar-refractivity contribution < 1.29 is 14.7 Å². The maximum absolute atomic E-state index is 11.7.